The Hall–Kier alpha value is -3.41. The highest BCUT2D eigenvalue weighted by atomic mass is 16.2. The number of rotatable bonds is 11. The molecule has 1 amide bonds. The molecule has 0 aliphatic rings. The number of carbonyl (C=O) groups is 2. The summed E-state index contributed by atoms with van der Waals surface area (Å²) in [4.78, 5) is 41.4. The number of amides is 1. The number of ketones is 1. The number of hydrogen-bond acceptors (Lipinski definition) is 3. The molecule has 0 radical (unpaired) electrons. The van der Waals surface area contributed by atoms with Crippen LogP contribution in [0.1, 0.15) is 73.1 Å². The van der Waals surface area contributed by atoms with E-state index in [0.717, 1.165) is 24.0 Å². The van der Waals surface area contributed by atoms with Crippen LogP contribution in [0.3, 0.4) is 0 Å². The summed E-state index contributed by atoms with van der Waals surface area (Å²) in [5.41, 5.74) is 3.23. The van der Waals surface area contributed by atoms with E-state index in [1.54, 1.807) is 4.90 Å². The number of hydrogen-bond donors (Lipinski definition) is 1. The monoisotopic (exact) mass is 461 g/mol. The molecule has 180 valence electrons. The molecule has 1 heterocycles. The third kappa shape index (κ3) is 6.13. The number of H-pyrrole nitrogens is 1. The van der Waals surface area contributed by atoms with Crippen LogP contribution >= 0.6 is 0 Å². The minimum Gasteiger partial charge on any atom is -0.335 e. The number of aromatic amines is 1. The highest BCUT2D eigenvalue weighted by molar-refractivity contribution is 6.00. The van der Waals surface area contributed by atoms with E-state index in [4.69, 9.17) is 0 Å². The second-order valence-corrected chi connectivity index (χ2v) is 9.11. The maximum Gasteiger partial charge on any atom is 0.282 e. The van der Waals surface area contributed by atoms with Gasteiger partial charge in [-0.25, -0.2) is 4.68 Å². The first kappa shape index (κ1) is 25.2. The molecule has 0 unspecified atom stereocenters. The highest BCUT2D eigenvalue weighted by Gasteiger charge is 2.26. The molecule has 0 bridgehead atoms. The lowest BCUT2D eigenvalue weighted by molar-refractivity contribution is -0.130. The number of aryl methyl sites for hydroxylation is 2. The lowest BCUT2D eigenvalue weighted by atomic mass is 10.0. The zero-order valence-electron chi connectivity index (χ0n) is 20.6. The van der Waals surface area contributed by atoms with Gasteiger partial charge in [-0.3, -0.25) is 19.5 Å². The van der Waals surface area contributed by atoms with Crippen LogP contribution in [-0.2, 0) is 11.2 Å². The van der Waals surface area contributed by atoms with E-state index in [2.05, 4.69) is 12.0 Å². The molecule has 2 aromatic carbocycles. The Balaban J connectivity index is 1.84. The average Bonchev–Trinajstić information content (AvgIpc) is 3.18. The molecule has 0 atom stereocenters. The molecule has 1 aromatic heterocycles. The average molecular weight is 462 g/mol. The van der Waals surface area contributed by atoms with Gasteiger partial charge in [0.05, 0.1) is 17.9 Å². The normalized spacial score (nSPS) is 11.1. The molecule has 0 fully saturated rings. The van der Waals surface area contributed by atoms with Gasteiger partial charge in [0.1, 0.15) is 5.56 Å². The summed E-state index contributed by atoms with van der Waals surface area (Å²) < 4.78 is 1.43. The van der Waals surface area contributed by atoms with Gasteiger partial charge in [-0.05, 0) is 43.4 Å². The number of carbonyl (C=O) groups excluding carboxylic acids is 2. The molecule has 0 spiro atoms. The molecule has 3 rings (SSSR count). The zero-order valence-corrected chi connectivity index (χ0v) is 20.6. The maximum atomic E-state index is 13.4. The van der Waals surface area contributed by atoms with Crippen molar-refractivity contribution in [2.24, 2.45) is 0 Å². The fourth-order valence-electron chi connectivity index (χ4n) is 3.96. The van der Waals surface area contributed by atoms with E-state index in [0.29, 0.717) is 30.8 Å². The molecular formula is C28H35N3O3. The number of benzene rings is 2. The van der Waals surface area contributed by atoms with Crippen molar-refractivity contribution >= 4 is 11.7 Å². The van der Waals surface area contributed by atoms with Gasteiger partial charge in [0.25, 0.3) is 5.56 Å². The predicted molar refractivity (Wildman–Crippen MR) is 136 cm³/mol. The molecule has 6 nitrogen and oxygen atoms in total. The number of unbranched alkanes of at least 4 members (excludes halogenated alkanes) is 1. The van der Waals surface area contributed by atoms with Gasteiger partial charge in [-0.1, -0.05) is 75.2 Å². The third-order valence-electron chi connectivity index (χ3n) is 6.01. The fourth-order valence-corrected chi connectivity index (χ4v) is 3.96. The van der Waals surface area contributed by atoms with Crippen molar-refractivity contribution in [2.75, 3.05) is 13.1 Å². The van der Waals surface area contributed by atoms with Crippen LogP contribution in [-0.4, -0.2) is 39.5 Å². The second-order valence-electron chi connectivity index (χ2n) is 9.11. The molecule has 34 heavy (non-hydrogen) atoms. The van der Waals surface area contributed by atoms with Crippen molar-refractivity contribution in [1.82, 2.24) is 14.7 Å². The van der Waals surface area contributed by atoms with E-state index in [9.17, 15) is 14.4 Å². The van der Waals surface area contributed by atoms with Crippen LogP contribution < -0.4 is 5.56 Å². The van der Waals surface area contributed by atoms with Gasteiger partial charge in [0.15, 0.2) is 5.78 Å². The van der Waals surface area contributed by atoms with Gasteiger partial charge in [0.2, 0.25) is 5.91 Å². The number of aromatic nitrogens is 2. The Morgan fingerprint density at radius 3 is 2.32 bits per heavy atom. The molecule has 0 saturated heterocycles. The third-order valence-corrected chi connectivity index (χ3v) is 6.01. The topological polar surface area (TPSA) is 75.2 Å². The van der Waals surface area contributed by atoms with Gasteiger partial charge in [-0.15, -0.1) is 0 Å². The number of nitrogens with zero attached hydrogens (tertiary/aromatic N) is 2. The van der Waals surface area contributed by atoms with Crippen LogP contribution in [0.4, 0.5) is 0 Å². The number of nitrogens with one attached hydrogen (secondary N) is 1. The summed E-state index contributed by atoms with van der Waals surface area (Å²) in [7, 11) is 0. The van der Waals surface area contributed by atoms with Crippen LogP contribution in [0, 0.1) is 6.92 Å². The minimum absolute atomic E-state index is 0.0452. The lowest BCUT2D eigenvalue weighted by Crippen LogP contribution is -2.38. The van der Waals surface area contributed by atoms with Gasteiger partial charge >= 0.3 is 0 Å². The van der Waals surface area contributed by atoms with Crippen LogP contribution in [0.25, 0.3) is 5.69 Å². The van der Waals surface area contributed by atoms with Crippen molar-refractivity contribution in [2.45, 2.75) is 59.3 Å². The van der Waals surface area contributed by atoms with Crippen molar-refractivity contribution < 1.29 is 9.59 Å². The Kier molecular flexibility index (Phi) is 8.63. The standard InChI is InChI=1S/C28H35N3O3/c1-5-6-18-30(25(33)17-14-22-10-8-7-9-11-22)19-24(32)26-27(20(2)3)29-31(28(26)34)23-15-12-21(4)13-16-23/h7-13,15-16,20,29H,5-6,14,17-19H2,1-4H3. The van der Waals surface area contributed by atoms with E-state index >= 15 is 0 Å². The van der Waals surface area contributed by atoms with Crippen LogP contribution in [0.2, 0.25) is 0 Å². The fraction of sp³-hybridized carbons (Fsp3) is 0.393. The summed E-state index contributed by atoms with van der Waals surface area (Å²) in [6.45, 7) is 8.34. The molecule has 3 aromatic rings. The van der Waals surface area contributed by atoms with Gasteiger partial charge in [-0.2, -0.15) is 0 Å². The summed E-state index contributed by atoms with van der Waals surface area (Å²) in [6, 6.07) is 17.4. The Morgan fingerprint density at radius 1 is 1.03 bits per heavy atom. The van der Waals surface area contributed by atoms with Crippen LogP contribution in [0.15, 0.2) is 59.4 Å². The summed E-state index contributed by atoms with van der Waals surface area (Å²) in [5.74, 6) is -0.428. The van der Waals surface area contributed by atoms with Crippen molar-refractivity contribution in [3.63, 3.8) is 0 Å². The predicted octanol–water partition coefficient (Wildman–Crippen LogP) is 5.04. The maximum absolute atomic E-state index is 13.4. The largest absolute Gasteiger partial charge is 0.335 e. The SMILES string of the molecule is CCCCN(CC(=O)c1c(C(C)C)[nH]n(-c2ccc(C)cc2)c1=O)C(=O)CCc1ccccc1. The molecule has 0 aliphatic carbocycles. The van der Waals surface area contributed by atoms with Crippen molar-refractivity contribution in [1.29, 1.82) is 0 Å². The van der Waals surface area contributed by atoms with Crippen molar-refractivity contribution in [3.05, 3.63) is 87.3 Å². The van der Waals surface area contributed by atoms with Crippen LogP contribution in [0.5, 0.6) is 0 Å². The quantitative estimate of drug-likeness (QED) is 0.407. The molecule has 0 aliphatic heterocycles. The van der Waals surface area contributed by atoms with E-state index in [1.807, 2.05) is 75.4 Å². The Morgan fingerprint density at radius 2 is 1.71 bits per heavy atom. The zero-order chi connectivity index (χ0) is 24.7. The van der Waals surface area contributed by atoms with E-state index in [1.165, 1.54) is 4.68 Å². The molecule has 6 heteroatoms. The molecule has 1 N–H and O–H groups in total. The first-order chi connectivity index (χ1) is 16.3. The summed E-state index contributed by atoms with van der Waals surface area (Å²) in [5, 5.41) is 3.14. The lowest BCUT2D eigenvalue weighted by Gasteiger charge is -2.22. The minimum atomic E-state index is -0.371. The van der Waals surface area contributed by atoms with Gasteiger partial charge < -0.3 is 4.90 Å². The Labute approximate surface area is 201 Å². The summed E-state index contributed by atoms with van der Waals surface area (Å²) in [6.07, 6.45) is 2.68. The van der Waals surface area contributed by atoms with E-state index < -0.39 is 0 Å². The second kappa shape index (κ2) is 11.6. The van der Waals surface area contributed by atoms with E-state index in [-0.39, 0.29) is 35.3 Å². The first-order valence-corrected chi connectivity index (χ1v) is 12.1. The van der Waals surface area contributed by atoms with Gasteiger partial charge in [0, 0.05) is 13.0 Å². The first-order valence-electron chi connectivity index (χ1n) is 12.1. The molecular weight excluding hydrogens is 426 g/mol. The highest BCUT2D eigenvalue weighted by Crippen LogP contribution is 2.18. The molecule has 0 saturated carbocycles. The smallest absolute Gasteiger partial charge is 0.282 e. The Bertz CT molecular complexity index is 1160. The van der Waals surface area contributed by atoms with Crippen molar-refractivity contribution in [3.8, 4) is 5.69 Å². The summed E-state index contributed by atoms with van der Waals surface area (Å²) >= 11 is 0. The number of Topliss-reactive ketones (excluding diaryl/α,β-unsaturated/α-hetero) is 1.